The van der Waals surface area contributed by atoms with Crippen molar-refractivity contribution >= 4 is 11.8 Å². The molecule has 1 rings (SSSR count). The predicted molar refractivity (Wildman–Crippen MR) is 68.0 cm³/mol. The molecule has 92 valence electrons. The molecule has 0 amide bonds. The second-order valence-electron chi connectivity index (χ2n) is 3.98. The molecule has 0 bridgehead atoms. The van der Waals surface area contributed by atoms with Gasteiger partial charge in [0.2, 0.25) is 0 Å². The molecule has 1 heterocycles. The first-order valence-electron chi connectivity index (χ1n) is 5.30. The molecule has 17 heavy (non-hydrogen) atoms. The summed E-state index contributed by atoms with van der Waals surface area (Å²) in [6.07, 6.45) is 0.683. The van der Waals surface area contributed by atoms with Crippen LogP contribution < -0.4 is 10.9 Å². The highest BCUT2D eigenvalue weighted by Crippen LogP contribution is 2.17. The first-order chi connectivity index (χ1) is 7.99. The van der Waals surface area contributed by atoms with E-state index in [4.69, 9.17) is 5.26 Å². The van der Waals surface area contributed by atoms with E-state index in [1.54, 1.807) is 14.0 Å². The van der Waals surface area contributed by atoms with Crippen LogP contribution in [0.25, 0.3) is 0 Å². The van der Waals surface area contributed by atoms with Crippen LogP contribution in [0.15, 0.2) is 16.0 Å². The zero-order valence-corrected chi connectivity index (χ0v) is 11.0. The molecule has 0 radical (unpaired) electrons. The Morgan fingerprint density at radius 2 is 2.41 bits per heavy atom. The van der Waals surface area contributed by atoms with E-state index in [2.05, 4.69) is 21.4 Å². The van der Waals surface area contributed by atoms with Crippen molar-refractivity contribution < 1.29 is 0 Å². The van der Waals surface area contributed by atoms with Crippen molar-refractivity contribution in [2.75, 3.05) is 12.8 Å². The van der Waals surface area contributed by atoms with Gasteiger partial charge in [0, 0.05) is 17.5 Å². The summed E-state index contributed by atoms with van der Waals surface area (Å²) in [6, 6.07) is 3.68. The summed E-state index contributed by atoms with van der Waals surface area (Å²) in [5.74, 6) is 0.720. The van der Waals surface area contributed by atoms with Gasteiger partial charge in [-0.1, -0.05) is 11.8 Å². The zero-order valence-electron chi connectivity index (χ0n) is 10.2. The van der Waals surface area contributed by atoms with Crippen LogP contribution in [0.5, 0.6) is 0 Å². The number of H-pyrrole nitrogens is 1. The molecule has 0 spiro atoms. The zero-order chi connectivity index (χ0) is 12.9. The van der Waals surface area contributed by atoms with E-state index in [0.29, 0.717) is 17.3 Å². The van der Waals surface area contributed by atoms with Gasteiger partial charge < -0.3 is 10.3 Å². The molecule has 0 fully saturated rings. The number of nitriles is 1. The summed E-state index contributed by atoms with van der Waals surface area (Å²) in [6.45, 7) is 3.63. The standard InChI is InChI=1S/C11H16N4OS/c1-8-6-9(16)15-10(14-8)17-5-4-11(2,7-12)13-3/h6,13H,4-5H2,1-3H3,(H,14,15,16). The number of nitrogens with one attached hydrogen (secondary N) is 2. The molecule has 0 aliphatic carbocycles. The van der Waals surface area contributed by atoms with E-state index in [9.17, 15) is 4.79 Å². The molecule has 0 saturated carbocycles. The number of aryl methyl sites for hydroxylation is 1. The Hall–Kier alpha value is -1.32. The quantitative estimate of drug-likeness (QED) is 0.605. The predicted octanol–water partition coefficient (Wildman–Crippen LogP) is 1.06. The van der Waals surface area contributed by atoms with Gasteiger partial charge in [-0.15, -0.1) is 0 Å². The van der Waals surface area contributed by atoms with E-state index in [-0.39, 0.29) is 5.56 Å². The normalized spacial score (nSPS) is 14.0. The van der Waals surface area contributed by atoms with E-state index >= 15 is 0 Å². The van der Waals surface area contributed by atoms with E-state index in [1.165, 1.54) is 17.8 Å². The third kappa shape index (κ3) is 4.21. The molecule has 2 N–H and O–H groups in total. The average molecular weight is 252 g/mol. The summed E-state index contributed by atoms with van der Waals surface area (Å²) >= 11 is 1.45. The van der Waals surface area contributed by atoms with Gasteiger partial charge in [-0.25, -0.2) is 4.98 Å². The number of nitrogens with zero attached hydrogens (tertiary/aromatic N) is 2. The summed E-state index contributed by atoms with van der Waals surface area (Å²) in [4.78, 5) is 18.1. The number of hydrogen-bond acceptors (Lipinski definition) is 5. The fraction of sp³-hybridized carbons (Fsp3) is 0.545. The van der Waals surface area contributed by atoms with Gasteiger partial charge in [-0.2, -0.15) is 5.26 Å². The molecule has 6 heteroatoms. The lowest BCUT2D eigenvalue weighted by Gasteiger charge is -2.19. The van der Waals surface area contributed by atoms with Crippen LogP contribution in [-0.4, -0.2) is 28.3 Å². The maximum Gasteiger partial charge on any atom is 0.251 e. The Kier molecular flexibility index (Phi) is 4.73. The molecule has 5 nitrogen and oxygen atoms in total. The summed E-state index contributed by atoms with van der Waals surface area (Å²) in [5.41, 5.74) is 0.0292. The molecule has 1 aromatic heterocycles. The Balaban J connectivity index is 2.57. The molecule has 1 atom stereocenters. The number of aromatic amines is 1. The number of aromatic nitrogens is 2. The van der Waals surface area contributed by atoms with Gasteiger partial charge in [-0.3, -0.25) is 4.79 Å². The third-order valence-corrected chi connectivity index (χ3v) is 3.36. The topological polar surface area (TPSA) is 81.6 Å². The maximum absolute atomic E-state index is 11.2. The van der Waals surface area contributed by atoms with Gasteiger partial charge >= 0.3 is 0 Å². The summed E-state index contributed by atoms with van der Waals surface area (Å²) in [5, 5.41) is 12.5. The SMILES string of the molecule is CNC(C)(C#N)CCSc1nc(C)cc(=O)[nH]1. The van der Waals surface area contributed by atoms with Crippen molar-refractivity contribution in [1.29, 1.82) is 5.26 Å². The highest BCUT2D eigenvalue weighted by Gasteiger charge is 2.20. The maximum atomic E-state index is 11.2. The summed E-state index contributed by atoms with van der Waals surface area (Å²) in [7, 11) is 1.76. The highest BCUT2D eigenvalue weighted by molar-refractivity contribution is 7.99. The van der Waals surface area contributed by atoms with Crippen molar-refractivity contribution in [3.05, 3.63) is 22.1 Å². The number of thioether (sulfide) groups is 1. The molecular weight excluding hydrogens is 236 g/mol. The molecule has 0 saturated heterocycles. The Labute approximate surface area is 105 Å². The Bertz CT molecular complexity index is 479. The molecule has 0 aliphatic rings. The fourth-order valence-corrected chi connectivity index (χ4v) is 2.29. The summed E-state index contributed by atoms with van der Waals surface area (Å²) < 4.78 is 0. The van der Waals surface area contributed by atoms with Crippen LogP contribution in [0.3, 0.4) is 0 Å². The Morgan fingerprint density at radius 1 is 1.71 bits per heavy atom. The minimum absolute atomic E-state index is 0.142. The van der Waals surface area contributed by atoms with E-state index < -0.39 is 5.54 Å². The van der Waals surface area contributed by atoms with Crippen molar-refractivity contribution in [2.45, 2.75) is 31.0 Å². The van der Waals surface area contributed by atoms with Gasteiger partial charge in [0.1, 0.15) is 5.54 Å². The smallest absolute Gasteiger partial charge is 0.251 e. The second-order valence-corrected chi connectivity index (χ2v) is 5.07. The number of hydrogen-bond donors (Lipinski definition) is 2. The third-order valence-electron chi connectivity index (χ3n) is 2.49. The van der Waals surface area contributed by atoms with Crippen LogP contribution in [0.2, 0.25) is 0 Å². The molecule has 0 aliphatic heterocycles. The molecule has 1 aromatic rings. The van der Waals surface area contributed by atoms with E-state index in [1.807, 2.05) is 6.92 Å². The molecule has 0 aromatic carbocycles. The first kappa shape index (κ1) is 13.7. The van der Waals surface area contributed by atoms with Crippen molar-refractivity contribution in [1.82, 2.24) is 15.3 Å². The number of rotatable bonds is 5. The Morgan fingerprint density at radius 3 is 2.94 bits per heavy atom. The van der Waals surface area contributed by atoms with Crippen LogP contribution in [0.1, 0.15) is 19.0 Å². The second kappa shape index (κ2) is 5.84. The van der Waals surface area contributed by atoms with Gasteiger partial charge in [0.05, 0.1) is 6.07 Å². The van der Waals surface area contributed by atoms with Crippen molar-refractivity contribution in [3.63, 3.8) is 0 Å². The monoisotopic (exact) mass is 252 g/mol. The van der Waals surface area contributed by atoms with E-state index in [0.717, 1.165) is 5.75 Å². The van der Waals surface area contributed by atoms with Crippen LogP contribution in [-0.2, 0) is 0 Å². The van der Waals surface area contributed by atoms with Crippen molar-refractivity contribution in [3.8, 4) is 6.07 Å². The van der Waals surface area contributed by atoms with Gasteiger partial charge in [-0.05, 0) is 27.3 Å². The van der Waals surface area contributed by atoms with Crippen LogP contribution >= 0.6 is 11.8 Å². The lowest BCUT2D eigenvalue weighted by Crippen LogP contribution is -2.38. The molecular formula is C11H16N4OS. The van der Waals surface area contributed by atoms with Gasteiger partial charge in [0.15, 0.2) is 5.16 Å². The highest BCUT2D eigenvalue weighted by atomic mass is 32.2. The first-order valence-corrected chi connectivity index (χ1v) is 6.28. The van der Waals surface area contributed by atoms with Crippen molar-refractivity contribution in [2.24, 2.45) is 0 Å². The fourth-order valence-electron chi connectivity index (χ4n) is 1.21. The average Bonchev–Trinajstić information content (AvgIpc) is 2.27. The minimum atomic E-state index is -0.531. The minimum Gasteiger partial charge on any atom is -0.303 e. The lowest BCUT2D eigenvalue weighted by molar-refractivity contribution is 0.479. The van der Waals surface area contributed by atoms with Crippen LogP contribution in [0, 0.1) is 18.3 Å². The van der Waals surface area contributed by atoms with Crippen LogP contribution in [0.4, 0.5) is 0 Å². The molecule has 1 unspecified atom stereocenters. The largest absolute Gasteiger partial charge is 0.303 e. The van der Waals surface area contributed by atoms with Gasteiger partial charge in [0.25, 0.3) is 5.56 Å². The lowest BCUT2D eigenvalue weighted by atomic mass is 10.0.